The maximum absolute atomic E-state index is 5.44. The average Bonchev–Trinajstić information content (AvgIpc) is 2.93. The van der Waals surface area contributed by atoms with Gasteiger partial charge in [-0.2, -0.15) is 0 Å². The summed E-state index contributed by atoms with van der Waals surface area (Å²) in [6, 6.07) is 8.05. The standard InChI is InChI=1S/C19H28N4O2/c1-6-20-19(21-12-11-17-14(2)22-25-15(17)3)23(4)13-16-9-7-8-10-18(16)24-5/h7-10H,6,11-13H2,1-5H3,(H,20,21). The third kappa shape index (κ3) is 4.98. The fourth-order valence-electron chi connectivity index (χ4n) is 2.77. The van der Waals surface area contributed by atoms with Gasteiger partial charge in [0.15, 0.2) is 5.96 Å². The molecule has 0 saturated heterocycles. The lowest BCUT2D eigenvalue weighted by molar-refractivity contribution is 0.392. The molecule has 0 amide bonds. The normalized spacial score (nSPS) is 11.5. The number of aryl methyl sites for hydroxylation is 2. The highest BCUT2D eigenvalue weighted by Gasteiger charge is 2.11. The quantitative estimate of drug-likeness (QED) is 0.618. The van der Waals surface area contributed by atoms with Crippen LogP contribution in [0.4, 0.5) is 0 Å². The van der Waals surface area contributed by atoms with Crippen LogP contribution >= 0.6 is 0 Å². The molecule has 0 bridgehead atoms. The monoisotopic (exact) mass is 344 g/mol. The van der Waals surface area contributed by atoms with Gasteiger partial charge < -0.3 is 19.5 Å². The molecular formula is C19H28N4O2. The number of guanidine groups is 1. The first-order valence-corrected chi connectivity index (χ1v) is 8.59. The van der Waals surface area contributed by atoms with Crippen molar-refractivity contribution in [1.29, 1.82) is 0 Å². The Balaban J connectivity index is 2.05. The molecule has 0 saturated carbocycles. The van der Waals surface area contributed by atoms with Gasteiger partial charge in [0.05, 0.1) is 12.8 Å². The van der Waals surface area contributed by atoms with Crippen LogP contribution in [0, 0.1) is 13.8 Å². The Morgan fingerprint density at radius 1 is 1.32 bits per heavy atom. The summed E-state index contributed by atoms with van der Waals surface area (Å²) >= 11 is 0. The Bertz CT molecular complexity index is 690. The lowest BCUT2D eigenvalue weighted by Gasteiger charge is -2.23. The van der Waals surface area contributed by atoms with Gasteiger partial charge in [-0.3, -0.25) is 4.99 Å². The fraction of sp³-hybridized carbons (Fsp3) is 0.474. The molecule has 1 heterocycles. The molecule has 1 N–H and O–H groups in total. The minimum Gasteiger partial charge on any atom is -0.496 e. The van der Waals surface area contributed by atoms with Gasteiger partial charge in [0, 0.05) is 37.8 Å². The van der Waals surface area contributed by atoms with Crippen LogP contribution in [0.2, 0.25) is 0 Å². The molecule has 0 aliphatic carbocycles. The van der Waals surface area contributed by atoms with Gasteiger partial charge in [-0.1, -0.05) is 23.4 Å². The van der Waals surface area contributed by atoms with Crippen LogP contribution in [0.25, 0.3) is 0 Å². The summed E-state index contributed by atoms with van der Waals surface area (Å²) in [6.07, 6.45) is 0.818. The van der Waals surface area contributed by atoms with Crippen LogP contribution in [0.5, 0.6) is 5.75 Å². The lowest BCUT2D eigenvalue weighted by Crippen LogP contribution is -2.38. The molecule has 1 aromatic carbocycles. The van der Waals surface area contributed by atoms with E-state index in [1.165, 1.54) is 0 Å². The molecule has 0 unspecified atom stereocenters. The van der Waals surface area contributed by atoms with Crippen molar-refractivity contribution in [3.05, 3.63) is 46.8 Å². The zero-order valence-electron chi connectivity index (χ0n) is 15.8. The van der Waals surface area contributed by atoms with Crippen molar-refractivity contribution >= 4 is 5.96 Å². The van der Waals surface area contributed by atoms with Crippen LogP contribution in [-0.2, 0) is 13.0 Å². The largest absolute Gasteiger partial charge is 0.496 e. The molecule has 136 valence electrons. The number of nitrogens with one attached hydrogen (secondary N) is 1. The molecule has 25 heavy (non-hydrogen) atoms. The number of rotatable bonds is 7. The minimum absolute atomic E-state index is 0.682. The van der Waals surface area contributed by atoms with Crippen molar-refractivity contribution in [2.24, 2.45) is 4.99 Å². The van der Waals surface area contributed by atoms with E-state index in [9.17, 15) is 0 Å². The lowest BCUT2D eigenvalue weighted by atomic mass is 10.1. The van der Waals surface area contributed by atoms with E-state index in [0.717, 1.165) is 53.8 Å². The highest BCUT2D eigenvalue weighted by Crippen LogP contribution is 2.19. The fourth-order valence-corrected chi connectivity index (χ4v) is 2.77. The number of benzene rings is 1. The van der Waals surface area contributed by atoms with E-state index in [2.05, 4.69) is 28.4 Å². The molecule has 0 spiro atoms. The number of para-hydroxylation sites is 1. The summed E-state index contributed by atoms with van der Waals surface area (Å²) < 4.78 is 10.7. The van der Waals surface area contributed by atoms with Gasteiger partial charge in [0.2, 0.25) is 0 Å². The van der Waals surface area contributed by atoms with Crippen molar-refractivity contribution < 1.29 is 9.26 Å². The Hall–Kier alpha value is -2.50. The summed E-state index contributed by atoms with van der Waals surface area (Å²) in [6.45, 7) is 8.20. The molecule has 2 aromatic rings. The predicted molar refractivity (Wildman–Crippen MR) is 100 cm³/mol. The first kappa shape index (κ1) is 18.8. The highest BCUT2D eigenvalue weighted by atomic mass is 16.5. The number of methoxy groups -OCH3 is 1. The van der Waals surface area contributed by atoms with Gasteiger partial charge in [-0.05, 0) is 33.3 Å². The Labute approximate surface area is 149 Å². The van der Waals surface area contributed by atoms with Crippen LogP contribution in [0.1, 0.15) is 29.5 Å². The number of aliphatic imine (C=N–C) groups is 1. The van der Waals surface area contributed by atoms with Gasteiger partial charge in [-0.15, -0.1) is 0 Å². The van der Waals surface area contributed by atoms with Crippen molar-refractivity contribution in [3.63, 3.8) is 0 Å². The third-order valence-electron chi connectivity index (χ3n) is 4.10. The number of ether oxygens (including phenoxy) is 1. The summed E-state index contributed by atoms with van der Waals surface area (Å²) in [5.74, 6) is 2.64. The van der Waals surface area contributed by atoms with E-state index in [-0.39, 0.29) is 0 Å². The second kappa shape index (κ2) is 9.11. The van der Waals surface area contributed by atoms with Crippen LogP contribution < -0.4 is 10.1 Å². The van der Waals surface area contributed by atoms with E-state index in [4.69, 9.17) is 14.3 Å². The summed E-state index contributed by atoms with van der Waals surface area (Å²) in [4.78, 5) is 6.85. The van der Waals surface area contributed by atoms with Gasteiger partial charge in [0.25, 0.3) is 0 Å². The van der Waals surface area contributed by atoms with E-state index >= 15 is 0 Å². The molecule has 0 radical (unpaired) electrons. The summed E-state index contributed by atoms with van der Waals surface area (Å²) in [5.41, 5.74) is 3.22. The molecule has 2 rings (SSSR count). The second-order valence-electron chi connectivity index (χ2n) is 5.96. The van der Waals surface area contributed by atoms with Gasteiger partial charge >= 0.3 is 0 Å². The Kier molecular flexibility index (Phi) is 6.86. The zero-order valence-corrected chi connectivity index (χ0v) is 15.8. The molecule has 6 nitrogen and oxygen atoms in total. The van der Waals surface area contributed by atoms with E-state index < -0.39 is 0 Å². The molecule has 0 fully saturated rings. The predicted octanol–water partition coefficient (Wildman–Crippen LogP) is 2.94. The Morgan fingerprint density at radius 2 is 2.08 bits per heavy atom. The maximum Gasteiger partial charge on any atom is 0.193 e. The molecule has 0 atom stereocenters. The molecule has 6 heteroatoms. The third-order valence-corrected chi connectivity index (χ3v) is 4.10. The molecule has 1 aromatic heterocycles. The first-order valence-electron chi connectivity index (χ1n) is 8.59. The van der Waals surface area contributed by atoms with Gasteiger partial charge in [-0.25, -0.2) is 0 Å². The van der Waals surface area contributed by atoms with Crippen molar-refractivity contribution in [3.8, 4) is 5.75 Å². The summed E-state index contributed by atoms with van der Waals surface area (Å²) in [5, 5.41) is 7.34. The average molecular weight is 344 g/mol. The number of aromatic nitrogens is 1. The molecule has 0 aliphatic heterocycles. The number of nitrogens with zero attached hydrogens (tertiary/aromatic N) is 3. The first-order chi connectivity index (χ1) is 12.1. The van der Waals surface area contributed by atoms with E-state index in [0.29, 0.717) is 6.54 Å². The van der Waals surface area contributed by atoms with E-state index in [1.54, 1.807) is 7.11 Å². The highest BCUT2D eigenvalue weighted by molar-refractivity contribution is 5.79. The van der Waals surface area contributed by atoms with Crippen molar-refractivity contribution in [1.82, 2.24) is 15.4 Å². The second-order valence-corrected chi connectivity index (χ2v) is 5.96. The molecule has 0 aliphatic rings. The Morgan fingerprint density at radius 3 is 2.72 bits per heavy atom. The summed E-state index contributed by atoms with van der Waals surface area (Å²) in [7, 11) is 3.73. The van der Waals surface area contributed by atoms with Gasteiger partial charge in [0.1, 0.15) is 11.5 Å². The maximum atomic E-state index is 5.44. The van der Waals surface area contributed by atoms with Crippen LogP contribution in [-0.4, -0.2) is 43.3 Å². The van der Waals surface area contributed by atoms with Crippen molar-refractivity contribution in [2.45, 2.75) is 33.7 Å². The van der Waals surface area contributed by atoms with E-state index in [1.807, 2.05) is 39.1 Å². The smallest absolute Gasteiger partial charge is 0.193 e. The minimum atomic E-state index is 0.682. The zero-order chi connectivity index (χ0) is 18.2. The van der Waals surface area contributed by atoms with Crippen molar-refractivity contribution in [2.75, 3.05) is 27.2 Å². The SMILES string of the molecule is CCNC(=NCCc1c(C)noc1C)N(C)Cc1ccccc1OC. The topological polar surface area (TPSA) is 62.9 Å². The van der Waals surface area contributed by atoms with Crippen LogP contribution in [0.15, 0.2) is 33.8 Å². The number of hydrogen-bond acceptors (Lipinski definition) is 4. The number of hydrogen-bond donors (Lipinski definition) is 1. The molecular weight excluding hydrogens is 316 g/mol. The van der Waals surface area contributed by atoms with Crippen LogP contribution in [0.3, 0.4) is 0 Å².